The Morgan fingerprint density at radius 3 is 2.75 bits per heavy atom. The summed E-state index contributed by atoms with van der Waals surface area (Å²) in [4.78, 5) is 23.3. The largest absolute Gasteiger partial charge is 0.495 e. The maximum atomic E-state index is 12.1. The number of carbonyl (C=O) groups excluding carboxylic acids is 1. The van der Waals surface area contributed by atoms with Gasteiger partial charge >= 0.3 is 0 Å². The molecule has 188 valence electrons. The molecule has 1 aliphatic rings. The van der Waals surface area contributed by atoms with E-state index in [1.807, 2.05) is 30.3 Å². The zero-order chi connectivity index (χ0) is 25.3. The van der Waals surface area contributed by atoms with Gasteiger partial charge < -0.3 is 25.4 Å². The Morgan fingerprint density at radius 2 is 2.03 bits per heavy atom. The molecule has 0 saturated carbocycles. The van der Waals surface area contributed by atoms with Crippen molar-refractivity contribution in [3.05, 3.63) is 54.7 Å². The minimum absolute atomic E-state index is 0.0852. The average molecular weight is 511 g/mol. The molecule has 0 unspecified atom stereocenters. The quantitative estimate of drug-likeness (QED) is 0.172. The molecule has 11 nitrogen and oxygen atoms in total. The molecule has 1 aromatic heterocycles. The van der Waals surface area contributed by atoms with Gasteiger partial charge in [0.1, 0.15) is 18.6 Å². The summed E-state index contributed by atoms with van der Waals surface area (Å²) in [6, 6.07) is 14.8. The number of hydrazone groups is 1. The molecule has 1 aliphatic heterocycles. The summed E-state index contributed by atoms with van der Waals surface area (Å²) in [7, 11) is 1.66. The van der Waals surface area contributed by atoms with Gasteiger partial charge in [-0.25, -0.2) is 14.4 Å². The molecule has 1 amide bonds. The number of hydrogen-bond acceptors (Lipinski definition) is 9. The minimum Gasteiger partial charge on any atom is -0.495 e. The maximum absolute atomic E-state index is 12.1. The number of rotatable bonds is 9. The van der Waals surface area contributed by atoms with Crippen LogP contribution in [0.3, 0.4) is 0 Å². The topological polar surface area (TPSA) is 130 Å². The van der Waals surface area contributed by atoms with Crippen LogP contribution < -0.4 is 30.5 Å². The lowest BCUT2D eigenvalue weighted by atomic mass is 10.1. The molecule has 0 spiro atoms. The molecule has 12 heteroatoms. The first-order valence-electron chi connectivity index (χ1n) is 11.2. The van der Waals surface area contributed by atoms with Gasteiger partial charge in [-0.15, -0.1) is 0 Å². The predicted molar refractivity (Wildman–Crippen MR) is 141 cm³/mol. The van der Waals surface area contributed by atoms with Crippen molar-refractivity contribution in [3.8, 4) is 17.0 Å². The highest BCUT2D eigenvalue weighted by molar-refractivity contribution is 6.36. The number of aromatic nitrogens is 2. The van der Waals surface area contributed by atoms with Crippen molar-refractivity contribution in [2.24, 2.45) is 10.8 Å². The molecule has 0 atom stereocenters. The smallest absolute Gasteiger partial charge is 0.262 e. The van der Waals surface area contributed by atoms with Crippen LogP contribution in [0, 0.1) is 0 Å². The molecule has 0 bridgehead atoms. The van der Waals surface area contributed by atoms with Gasteiger partial charge in [-0.1, -0.05) is 12.1 Å². The van der Waals surface area contributed by atoms with E-state index in [0.29, 0.717) is 30.5 Å². The highest BCUT2D eigenvalue weighted by Crippen LogP contribution is 2.33. The van der Waals surface area contributed by atoms with Crippen molar-refractivity contribution in [2.75, 3.05) is 54.6 Å². The van der Waals surface area contributed by atoms with Crippen LogP contribution in [0.5, 0.6) is 5.75 Å². The fourth-order valence-electron chi connectivity index (χ4n) is 3.67. The highest BCUT2D eigenvalue weighted by Gasteiger charge is 2.16. The lowest BCUT2D eigenvalue weighted by Gasteiger charge is -2.30. The van der Waals surface area contributed by atoms with Crippen molar-refractivity contribution in [2.45, 2.75) is 0 Å². The monoisotopic (exact) mass is 510 g/mol. The summed E-state index contributed by atoms with van der Waals surface area (Å²) in [6.45, 7) is 2.96. The summed E-state index contributed by atoms with van der Waals surface area (Å²) < 4.78 is 12.1. The van der Waals surface area contributed by atoms with E-state index in [2.05, 4.69) is 30.7 Å². The first-order valence-corrected chi connectivity index (χ1v) is 11.6. The molecule has 0 aliphatic carbocycles. The van der Waals surface area contributed by atoms with E-state index in [1.165, 1.54) is 0 Å². The van der Waals surface area contributed by atoms with Gasteiger partial charge in [-0.05, 0) is 30.3 Å². The van der Waals surface area contributed by atoms with Crippen molar-refractivity contribution in [1.29, 1.82) is 0 Å². The average Bonchev–Trinajstić information content (AvgIpc) is 2.93. The van der Waals surface area contributed by atoms with Crippen molar-refractivity contribution in [1.82, 2.24) is 15.4 Å². The summed E-state index contributed by atoms with van der Waals surface area (Å²) in [5.74, 6) is 0.830. The number of amides is 1. The van der Waals surface area contributed by atoms with E-state index in [4.69, 9.17) is 27.0 Å². The second-order valence-corrected chi connectivity index (χ2v) is 8.05. The molecule has 4 rings (SSSR count). The molecule has 36 heavy (non-hydrogen) atoms. The number of morpholine rings is 1. The van der Waals surface area contributed by atoms with Crippen LogP contribution in [0.15, 0.2) is 59.8 Å². The van der Waals surface area contributed by atoms with E-state index in [1.54, 1.807) is 31.5 Å². The van der Waals surface area contributed by atoms with E-state index in [9.17, 15) is 4.79 Å². The first kappa shape index (κ1) is 25.0. The molecule has 2 heterocycles. The number of anilines is 4. The van der Waals surface area contributed by atoms with Crippen molar-refractivity contribution >= 4 is 47.0 Å². The minimum atomic E-state index is -0.376. The number of ether oxygens (including phenoxy) is 2. The van der Waals surface area contributed by atoms with Gasteiger partial charge in [0.15, 0.2) is 0 Å². The number of nitrogens with two attached hydrogens (primary N) is 1. The molecular formula is C24H27ClN8O3. The molecule has 4 N–H and O–H groups in total. The number of nitrogens with zero attached hydrogens (tertiary/aromatic N) is 5. The van der Waals surface area contributed by atoms with Gasteiger partial charge in [0.2, 0.25) is 5.95 Å². The van der Waals surface area contributed by atoms with E-state index < -0.39 is 0 Å². The summed E-state index contributed by atoms with van der Waals surface area (Å²) in [5.41, 5.74) is 11.5. The van der Waals surface area contributed by atoms with Crippen molar-refractivity contribution < 1.29 is 14.3 Å². The number of carbonyl (C=O) groups is 1. The maximum Gasteiger partial charge on any atom is 0.262 e. The van der Waals surface area contributed by atoms with Gasteiger partial charge in [-0.2, -0.15) is 5.10 Å². The van der Waals surface area contributed by atoms with Crippen LogP contribution in [0.4, 0.5) is 23.0 Å². The number of nitrogens with one attached hydrogen (secondary N) is 2. The van der Waals surface area contributed by atoms with Crippen molar-refractivity contribution in [3.63, 3.8) is 0 Å². The molecule has 1 fully saturated rings. The van der Waals surface area contributed by atoms with Gasteiger partial charge in [0.25, 0.3) is 5.91 Å². The third-order valence-corrected chi connectivity index (χ3v) is 5.83. The lowest BCUT2D eigenvalue weighted by molar-refractivity contribution is -0.116. The molecule has 0 radical (unpaired) electrons. The van der Waals surface area contributed by atoms with Crippen LogP contribution in [0.2, 0.25) is 0 Å². The number of hydrogen-bond donors (Lipinski definition) is 3. The van der Waals surface area contributed by atoms with Crippen LogP contribution >= 0.6 is 11.8 Å². The summed E-state index contributed by atoms with van der Waals surface area (Å²) >= 11 is 6.14. The third kappa shape index (κ3) is 6.12. The Morgan fingerprint density at radius 1 is 1.25 bits per heavy atom. The second kappa shape index (κ2) is 12.0. The second-order valence-electron chi connectivity index (χ2n) is 7.71. The Balaban J connectivity index is 1.45. The predicted octanol–water partition coefficient (Wildman–Crippen LogP) is 2.71. The zero-order valence-corrected chi connectivity index (χ0v) is 20.5. The Hall–Kier alpha value is -4.09. The van der Waals surface area contributed by atoms with E-state index >= 15 is 0 Å². The van der Waals surface area contributed by atoms with Crippen LogP contribution in [0.1, 0.15) is 0 Å². The zero-order valence-electron chi connectivity index (χ0n) is 19.7. The standard InChI is InChI=1S/C24H27ClN8O3/c1-35-22-14-18(4-7-21(22)32-10-12-36-13-11-32)30-24-27-9-8-20(31-24)17-2-5-19(6-3-17)33(25)23(34)15-28-29-16-26/h2-9,14,16,28H,10-13,15H2,1H3,(H2,26,29)(H,27,30,31). The highest BCUT2D eigenvalue weighted by atomic mass is 35.5. The SMILES string of the molecule is COc1cc(Nc2nccc(-c3ccc(N(Cl)C(=O)CN/N=C/N)cc3)n2)ccc1N1CCOCC1. The molecular weight excluding hydrogens is 484 g/mol. The van der Waals surface area contributed by atoms with Crippen LogP contribution in [-0.4, -0.2) is 62.2 Å². The van der Waals surface area contributed by atoms with Gasteiger partial charge in [-0.3, -0.25) is 10.2 Å². The molecule has 3 aromatic rings. The normalized spacial score (nSPS) is 13.4. The van der Waals surface area contributed by atoms with Crippen LogP contribution in [0.25, 0.3) is 11.3 Å². The Bertz CT molecular complexity index is 1200. The van der Waals surface area contributed by atoms with E-state index in [0.717, 1.165) is 46.5 Å². The Kier molecular flexibility index (Phi) is 8.37. The first-order chi connectivity index (χ1) is 17.6. The lowest BCUT2D eigenvalue weighted by Crippen LogP contribution is -2.36. The van der Waals surface area contributed by atoms with E-state index in [-0.39, 0.29) is 12.5 Å². The third-order valence-electron chi connectivity index (χ3n) is 5.45. The molecule has 2 aromatic carbocycles. The Labute approximate surface area is 214 Å². The fourth-order valence-corrected chi connectivity index (χ4v) is 3.84. The fraction of sp³-hybridized carbons (Fsp3) is 0.250. The summed E-state index contributed by atoms with van der Waals surface area (Å²) in [6.07, 6.45) is 2.74. The number of methoxy groups -OCH3 is 1. The van der Waals surface area contributed by atoms with Crippen LogP contribution in [-0.2, 0) is 9.53 Å². The van der Waals surface area contributed by atoms with Gasteiger partial charge in [0.05, 0.1) is 37.4 Å². The number of benzene rings is 2. The van der Waals surface area contributed by atoms with Gasteiger partial charge in [0, 0.05) is 48.4 Å². The molecule has 1 saturated heterocycles. The number of halogens is 1. The summed E-state index contributed by atoms with van der Waals surface area (Å²) in [5, 5.41) is 6.82.